The standard InChI is InChI=1S/C17H17BrO3/c1-10-7-12(8-11(2)16(10)18)17(19)14-6-5-13(20-3)9-15(14)21-4/h5-9H,1-4H3. The second kappa shape index (κ2) is 6.31. The molecule has 2 aromatic carbocycles. The first-order chi connectivity index (χ1) is 9.97. The van der Waals surface area contributed by atoms with Crippen molar-refractivity contribution in [2.45, 2.75) is 13.8 Å². The van der Waals surface area contributed by atoms with Crippen molar-refractivity contribution in [1.29, 1.82) is 0 Å². The van der Waals surface area contributed by atoms with Crippen LogP contribution in [0.5, 0.6) is 11.5 Å². The number of aryl methyl sites for hydroxylation is 2. The maximum atomic E-state index is 12.7. The molecular weight excluding hydrogens is 332 g/mol. The van der Waals surface area contributed by atoms with Crippen LogP contribution in [-0.2, 0) is 0 Å². The molecule has 0 aliphatic carbocycles. The molecule has 0 saturated heterocycles. The summed E-state index contributed by atoms with van der Waals surface area (Å²) in [6, 6.07) is 8.96. The van der Waals surface area contributed by atoms with Crippen molar-refractivity contribution in [3.8, 4) is 11.5 Å². The van der Waals surface area contributed by atoms with Gasteiger partial charge in [0.2, 0.25) is 0 Å². The molecule has 0 unspecified atom stereocenters. The van der Waals surface area contributed by atoms with E-state index in [0.29, 0.717) is 22.6 Å². The number of hydrogen-bond acceptors (Lipinski definition) is 3. The largest absolute Gasteiger partial charge is 0.497 e. The second-order valence-corrected chi connectivity index (χ2v) is 5.61. The number of methoxy groups -OCH3 is 2. The zero-order chi connectivity index (χ0) is 15.6. The fraction of sp³-hybridized carbons (Fsp3) is 0.235. The van der Waals surface area contributed by atoms with Crippen LogP contribution >= 0.6 is 15.9 Å². The van der Waals surface area contributed by atoms with Crippen LogP contribution in [0, 0.1) is 13.8 Å². The van der Waals surface area contributed by atoms with Gasteiger partial charge in [-0.1, -0.05) is 15.9 Å². The van der Waals surface area contributed by atoms with E-state index in [-0.39, 0.29) is 5.78 Å². The van der Waals surface area contributed by atoms with Crippen molar-refractivity contribution in [3.63, 3.8) is 0 Å². The predicted molar refractivity (Wildman–Crippen MR) is 86.6 cm³/mol. The highest BCUT2D eigenvalue weighted by Crippen LogP contribution is 2.29. The molecule has 0 atom stereocenters. The van der Waals surface area contributed by atoms with Gasteiger partial charge in [0.1, 0.15) is 11.5 Å². The third kappa shape index (κ3) is 3.10. The number of carbonyl (C=O) groups excluding carboxylic acids is 1. The maximum absolute atomic E-state index is 12.7. The fourth-order valence-corrected chi connectivity index (χ4v) is 2.45. The Morgan fingerprint density at radius 3 is 2.14 bits per heavy atom. The van der Waals surface area contributed by atoms with Gasteiger partial charge >= 0.3 is 0 Å². The zero-order valence-corrected chi connectivity index (χ0v) is 14.1. The Morgan fingerprint density at radius 2 is 1.62 bits per heavy atom. The van der Waals surface area contributed by atoms with Crippen molar-refractivity contribution < 1.29 is 14.3 Å². The summed E-state index contributed by atoms with van der Waals surface area (Å²) in [4.78, 5) is 12.7. The molecule has 0 N–H and O–H groups in total. The van der Waals surface area contributed by atoms with E-state index in [1.165, 1.54) is 0 Å². The summed E-state index contributed by atoms with van der Waals surface area (Å²) in [5.41, 5.74) is 3.24. The molecule has 110 valence electrons. The molecule has 0 spiro atoms. The number of rotatable bonds is 4. The first kappa shape index (κ1) is 15.6. The van der Waals surface area contributed by atoms with E-state index in [1.54, 1.807) is 32.4 Å². The van der Waals surface area contributed by atoms with Crippen molar-refractivity contribution in [1.82, 2.24) is 0 Å². The van der Waals surface area contributed by atoms with Gasteiger partial charge in [-0.3, -0.25) is 4.79 Å². The molecule has 0 saturated carbocycles. The smallest absolute Gasteiger partial charge is 0.196 e. The number of carbonyl (C=O) groups is 1. The summed E-state index contributed by atoms with van der Waals surface area (Å²) in [5, 5.41) is 0. The van der Waals surface area contributed by atoms with E-state index in [0.717, 1.165) is 15.6 Å². The minimum Gasteiger partial charge on any atom is -0.497 e. The Bertz CT molecular complexity index is 669. The van der Waals surface area contributed by atoms with Gasteiger partial charge in [-0.15, -0.1) is 0 Å². The van der Waals surface area contributed by atoms with Crippen LogP contribution in [0.25, 0.3) is 0 Å². The molecule has 3 nitrogen and oxygen atoms in total. The third-order valence-corrected chi connectivity index (χ3v) is 4.60. The van der Waals surface area contributed by atoms with Gasteiger partial charge in [0.15, 0.2) is 5.78 Å². The van der Waals surface area contributed by atoms with E-state index in [9.17, 15) is 4.79 Å². The van der Waals surface area contributed by atoms with Crippen LogP contribution in [-0.4, -0.2) is 20.0 Å². The van der Waals surface area contributed by atoms with E-state index in [1.807, 2.05) is 26.0 Å². The molecule has 21 heavy (non-hydrogen) atoms. The van der Waals surface area contributed by atoms with Crippen LogP contribution in [0.2, 0.25) is 0 Å². The van der Waals surface area contributed by atoms with Gasteiger partial charge in [-0.2, -0.15) is 0 Å². The summed E-state index contributed by atoms with van der Waals surface area (Å²) in [6.45, 7) is 3.94. The van der Waals surface area contributed by atoms with E-state index >= 15 is 0 Å². The number of ether oxygens (including phenoxy) is 2. The van der Waals surface area contributed by atoms with Gasteiger partial charge in [0.05, 0.1) is 19.8 Å². The van der Waals surface area contributed by atoms with Crippen LogP contribution < -0.4 is 9.47 Å². The molecule has 0 aromatic heterocycles. The van der Waals surface area contributed by atoms with Gasteiger partial charge in [-0.05, 0) is 49.2 Å². The topological polar surface area (TPSA) is 35.5 Å². The molecule has 0 aliphatic heterocycles. The van der Waals surface area contributed by atoms with Crippen molar-refractivity contribution >= 4 is 21.7 Å². The van der Waals surface area contributed by atoms with Gasteiger partial charge in [-0.25, -0.2) is 0 Å². The monoisotopic (exact) mass is 348 g/mol. The fourth-order valence-electron chi connectivity index (χ4n) is 2.22. The molecule has 4 heteroatoms. The van der Waals surface area contributed by atoms with E-state index in [4.69, 9.17) is 9.47 Å². The third-order valence-electron chi connectivity index (χ3n) is 3.35. The second-order valence-electron chi connectivity index (χ2n) is 4.82. The number of halogens is 1. The molecule has 2 aromatic rings. The first-order valence-corrected chi connectivity index (χ1v) is 7.30. The molecule has 0 aliphatic rings. The quantitative estimate of drug-likeness (QED) is 0.772. The molecule has 0 fully saturated rings. The van der Waals surface area contributed by atoms with Crippen LogP contribution in [0.3, 0.4) is 0 Å². The molecule has 0 heterocycles. The Hall–Kier alpha value is -1.81. The Kier molecular flexibility index (Phi) is 4.68. The number of hydrogen-bond donors (Lipinski definition) is 0. The van der Waals surface area contributed by atoms with Crippen molar-refractivity contribution in [2.75, 3.05) is 14.2 Å². The van der Waals surface area contributed by atoms with Crippen molar-refractivity contribution in [2.24, 2.45) is 0 Å². The summed E-state index contributed by atoms with van der Waals surface area (Å²) in [6.07, 6.45) is 0. The van der Waals surface area contributed by atoms with Crippen LogP contribution in [0.15, 0.2) is 34.8 Å². The Labute approximate surface area is 133 Å². The zero-order valence-electron chi connectivity index (χ0n) is 12.5. The van der Waals surface area contributed by atoms with Gasteiger partial charge in [0.25, 0.3) is 0 Å². The van der Waals surface area contributed by atoms with Gasteiger partial charge in [0, 0.05) is 16.1 Å². The summed E-state index contributed by atoms with van der Waals surface area (Å²) < 4.78 is 11.5. The lowest BCUT2D eigenvalue weighted by Crippen LogP contribution is -2.05. The van der Waals surface area contributed by atoms with Crippen LogP contribution in [0.1, 0.15) is 27.0 Å². The summed E-state index contributed by atoms with van der Waals surface area (Å²) in [7, 11) is 3.13. The van der Waals surface area contributed by atoms with E-state index < -0.39 is 0 Å². The molecule has 0 amide bonds. The van der Waals surface area contributed by atoms with E-state index in [2.05, 4.69) is 15.9 Å². The minimum absolute atomic E-state index is 0.0618. The average molecular weight is 349 g/mol. The SMILES string of the molecule is COc1ccc(C(=O)c2cc(C)c(Br)c(C)c2)c(OC)c1. The highest BCUT2D eigenvalue weighted by atomic mass is 79.9. The normalized spacial score (nSPS) is 10.3. The minimum atomic E-state index is -0.0618. The highest BCUT2D eigenvalue weighted by molar-refractivity contribution is 9.10. The molecule has 0 bridgehead atoms. The average Bonchev–Trinajstić information content (AvgIpc) is 2.50. The molecule has 2 rings (SSSR count). The Balaban J connectivity index is 2.49. The highest BCUT2D eigenvalue weighted by Gasteiger charge is 2.17. The number of benzene rings is 2. The summed E-state index contributed by atoms with van der Waals surface area (Å²) in [5.74, 6) is 1.11. The lowest BCUT2D eigenvalue weighted by atomic mass is 9.98. The van der Waals surface area contributed by atoms with Crippen molar-refractivity contribution in [3.05, 3.63) is 57.1 Å². The number of ketones is 1. The lowest BCUT2D eigenvalue weighted by Gasteiger charge is -2.11. The lowest BCUT2D eigenvalue weighted by molar-refractivity contribution is 0.103. The molecular formula is C17H17BrO3. The van der Waals surface area contributed by atoms with Gasteiger partial charge < -0.3 is 9.47 Å². The molecule has 0 radical (unpaired) electrons. The van der Waals surface area contributed by atoms with Crippen LogP contribution in [0.4, 0.5) is 0 Å². The maximum Gasteiger partial charge on any atom is 0.196 e. The first-order valence-electron chi connectivity index (χ1n) is 6.51. The summed E-state index contributed by atoms with van der Waals surface area (Å²) >= 11 is 3.51. The predicted octanol–water partition coefficient (Wildman–Crippen LogP) is 4.31. The Morgan fingerprint density at radius 1 is 1.00 bits per heavy atom.